The van der Waals surface area contributed by atoms with Crippen LogP contribution in [0.25, 0.3) is 0 Å². The molecular weight excluding hydrogens is 282 g/mol. The zero-order chi connectivity index (χ0) is 16.6. The monoisotopic (exact) mass is 303 g/mol. The van der Waals surface area contributed by atoms with Gasteiger partial charge in [-0.05, 0) is 18.8 Å². The van der Waals surface area contributed by atoms with Gasteiger partial charge >= 0.3 is 18.0 Å². The first kappa shape index (κ1) is 18.7. The standard InChI is InChI=1S/C12H21N3O6/c1-6(2)5-8(15-12(13)21)10(18)14-7(11(19)20)3-4-9(16)17/h6-8H,3-5H2,1-2H3,(H,14,18)(H,16,17)(H,19,20)(H3,13,15,21)/t7-,8?/m0/s1. The number of rotatable bonds is 9. The van der Waals surface area contributed by atoms with Gasteiger partial charge in [0.05, 0.1) is 0 Å². The normalized spacial score (nSPS) is 13.3. The smallest absolute Gasteiger partial charge is 0.326 e. The second-order valence-electron chi connectivity index (χ2n) is 5.02. The molecule has 1 unspecified atom stereocenters. The maximum atomic E-state index is 12.0. The Morgan fingerprint density at radius 3 is 2.00 bits per heavy atom. The molecule has 3 amide bonds. The third-order valence-electron chi connectivity index (χ3n) is 2.60. The Hall–Kier alpha value is -2.32. The number of urea groups is 1. The predicted octanol–water partition coefficient (Wildman–Crippen LogP) is -0.496. The third-order valence-corrected chi connectivity index (χ3v) is 2.60. The van der Waals surface area contributed by atoms with Crippen molar-refractivity contribution in [3.05, 3.63) is 0 Å². The van der Waals surface area contributed by atoms with Gasteiger partial charge in [-0.15, -0.1) is 0 Å². The highest BCUT2D eigenvalue weighted by Crippen LogP contribution is 2.06. The van der Waals surface area contributed by atoms with Gasteiger partial charge in [0.25, 0.3) is 0 Å². The lowest BCUT2D eigenvalue weighted by Crippen LogP contribution is -2.53. The number of carbonyl (C=O) groups is 4. The van der Waals surface area contributed by atoms with Crippen molar-refractivity contribution in [2.24, 2.45) is 11.7 Å². The van der Waals surface area contributed by atoms with Gasteiger partial charge in [-0.3, -0.25) is 9.59 Å². The SMILES string of the molecule is CC(C)CC(NC(N)=O)C(=O)N[C@@H](CCC(=O)O)C(=O)O. The number of primary amides is 1. The molecule has 0 aromatic heterocycles. The predicted molar refractivity (Wildman–Crippen MR) is 72.4 cm³/mol. The lowest BCUT2D eigenvalue weighted by Gasteiger charge is -2.21. The Labute approximate surface area is 121 Å². The van der Waals surface area contributed by atoms with E-state index in [4.69, 9.17) is 15.9 Å². The largest absolute Gasteiger partial charge is 0.481 e. The number of aliphatic carboxylic acids is 2. The molecule has 0 rings (SSSR count). The first-order valence-corrected chi connectivity index (χ1v) is 6.44. The van der Waals surface area contributed by atoms with Crippen molar-refractivity contribution in [3.63, 3.8) is 0 Å². The summed E-state index contributed by atoms with van der Waals surface area (Å²) in [5.74, 6) is -3.15. The molecule has 2 atom stereocenters. The quantitative estimate of drug-likeness (QED) is 0.386. The Bertz CT molecular complexity index is 410. The minimum Gasteiger partial charge on any atom is -0.481 e. The average Bonchev–Trinajstić information content (AvgIpc) is 2.31. The maximum absolute atomic E-state index is 12.0. The molecule has 9 heteroatoms. The van der Waals surface area contributed by atoms with Crippen molar-refractivity contribution in [1.82, 2.24) is 10.6 Å². The van der Waals surface area contributed by atoms with E-state index in [1.165, 1.54) is 0 Å². The highest BCUT2D eigenvalue weighted by molar-refractivity contribution is 5.89. The molecule has 21 heavy (non-hydrogen) atoms. The van der Waals surface area contributed by atoms with E-state index in [1.54, 1.807) is 0 Å². The summed E-state index contributed by atoms with van der Waals surface area (Å²) in [6.07, 6.45) is -0.364. The second kappa shape index (κ2) is 8.77. The van der Waals surface area contributed by atoms with Crippen LogP contribution < -0.4 is 16.4 Å². The molecular formula is C12H21N3O6. The van der Waals surface area contributed by atoms with Gasteiger partial charge < -0.3 is 26.6 Å². The van der Waals surface area contributed by atoms with Crippen molar-refractivity contribution in [1.29, 1.82) is 0 Å². The number of carbonyl (C=O) groups excluding carboxylic acids is 2. The summed E-state index contributed by atoms with van der Waals surface area (Å²) in [7, 11) is 0. The van der Waals surface area contributed by atoms with Crippen molar-refractivity contribution < 1.29 is 29.4 Å². The van der Waals surface area contributed by atoms with Crippen molar-refractivity contribution in [2.45, 2.75) is 45.2 Å². The van der Waals surface area contributed by atoms with Gasteiger partial charge in [0.1, 0.15) is 12.1 Å². The zero-order valence-electron chi connectivity index (χ0n) is 12.0. The molecule has 0 saturated heterocycles. The second-order valence-corrected chi connectivity index (χ2v) is 5.02. The first-order chi connectivity index (χ1) is 9.63. The van der Waals surface area contributed by atoms with E-state index in [2.05, 4.69) is 10.6 Å². The van der Waals surface area contributed by atoms with Gasteiger partial charge in [-0.2, -0.15) is 0 Å². The Kier molecular flexibility index (Phi) is 7.80. The van der Waals surface area contributed by atoms with Crippen LogP contribution in [0.15, 0.2) is 0 Å². The van der Waals surface area contributed by atoms with E-state index in [1.807, 2.05) is 13.8 Å². The molecule has 0 heterocycles. The fourth-order valence-corrected chi connectivity index (χ4v) is 1.67. The van der Waals surface area contributed by atoms with Crippen LogP contribution in [-0.4, -0.2) is 46.2 Å². The van der Waals surface area contributed by atoms with E-state index < -0.39 is 42.4 Å². The Morgan fingerprint density at radius 1 is 1.05 bits per heavy atom. The van der Waals surface area contributed by atoms with Crippen LogP contribution in [0.4, 0.5) is 4.79 Å². The number of carboxylic acids is 2. The van der Waals surface area contributed by atoms with E-state index in [0.29, 0.717) is 0 Å². The summed E-state index contributed by atoms with van der Waals surface area (Å²) in [6.45, 7) is 3.64. The summed E-state index contributed by atoms with van der Waals surface area (Å²) >= 11 is 0. The molecule has 0 aliphatic carbocycles. The van der Waals surface area contributed by atoms with E-state index in [-0.39, 0.29) is 18.8 Å². The summed E-state index contributed by atoms with van der Waals surface area (Å²) in [6, 6.07) is -3.19. The van der Waals surface area contributed by atoms with Gasteiger partial charge in [0, 0.05) is 6.42 Å². The zero-order valence-corrected chi connectivity index (χ0v) is 12.0. The molecule has 0 spiro atoms. The van der Waals surface area contributed by atoms with Gasteiger partial charge in [0.15, 0.2) is 0 Å². The number of hydrogen-bond donors (Lipinski definition) is 5. The van der Waals surface area contributed by atoms with Crippen LogP contribution >= 0.6 is 0 Å². The van der Waals surface area contributed by atoms with E-state index in [0.717, 1.165) is 0 Å². The van der Waals surface area contributed by atoms with Crippen LogP contribution in [0.5, 0.6) is 0 Å². The highest BCUT2D eigenvalue weighted by atomic mass is 16.4. The van der Waals surface area contributed by atoms with Gasteiger partial charge in [-0.25, -0.2) is 9.59 Å². The Balaban J connectivity index is 4.76. The lowest BCUT2D eigenvalue weighted by molar-refractivity contribution is -0.143. The summed E-state index contributed by atoms with van der Waals surface area (Å²) in [5, 5.41) is 22.0. The lowest BCUT2D eigenvalue weighted by atomic mass is 10.0. The molecule has 0 bridgehead atoms. The number of amides is 3. The summed E-state index contributed by atoms with van der Waals surface area (Å²) in [5.41, 5.74) is 4.97. The van der Waals surface area contributed by atoms with E-state index >= 15 is 0 Å². The maximum Gasteiger partial charge on any atom is 0.326 e. The minimum absolute atomic E-state index is 0.0647. The van der Waals surface area contributed by atoms with Crippen molar-refractivity contribution in [2.75, 3.05) is 0 Å². The molecule has 0 aromatic carbocycles. The van der Waals surface area contributed by atoms with E-state index in [9.17, 15) is 19.2 Å². The fourth-order valence-electron chi connectivity index (χ4n) is 1.67. The summed E-state index contributed by atoms with van der Waals surface area (Å²) < 4.78 is 0. The van der Waals surface area contributed by atoms with Crippen LogP contribution in [-0.2, 0) is 14.4 Å². The molecule has 0 radical (unpaired) electrons. The van der Waals surface area contributed by atoms with Crippen LogP contribution in [0.1, 0.15) is 33.1 Å². The molecule has 120 valence electrons. The molecule has 0 fully saturated rings. The molecule has 0 aliphatic rings. The molecule has 6 N–H and O–H groups in total. The van der Waals surface area contributed by atoms with Crippen molar-refractivity contribution in [3.8, 4) is 0 Å². The van der Waals surface area contributed by atoms with Crippen LogP contribution in [0, 0.1) is 5.92 Å². The Morgan fingerprint density at radius 2 is 1.62 bits per heavy atom. The fraction of sp³-hybridized carbons (Fsp3) is 0.667. The molecule has 0 aromatic rings. The first-order valence-electron chi connectivity index (χ1n) is 6.44. The average molecular weight is 303 g/mol. The molecule has 9 nitrogen and oxygen atoms in total. The van der Waals surface area contributed by atoms with Gasteiger partial charge in [0.2, 0.25) is 5.91 Å². The highest BCUT2D eigenvalue weighted by Gasteiger charge is 2.26. The number of carboxylic acid groups (broad SMARTS) is 2. The number of hydrogen-bond acceptors (Lipinski definition) is 4. The minimum atomic E-state index is -1.34. The number of nitrogens with two attached hydrogens (primary N) is 1. The third kappa shape index (κ3) is 8.45. The number of nitrogens with one attached hydrogen (secondary N) is 2. The summed E-state index contributed by atoms with van der Waals surface area (Å²) in [4.78, 5) is 44.3. The van der Waals surface area contributed by atoms with Crippen LogP contribution in [0.2, 0.25) is 0 Å². The topological polar surface area (TPSA) is 159 Å². The van der Waals surface area contributed by atoms with Gasteiger partial charge in [-0.1, -0.05) is 13.8 Å². The molecule has 0 aliphatic heterocycles. The van der Waals surface area contributed by atoms with Crippen molar-refractivity contribution >= 4 is 23.9 Å². The van der Waals surface area contributed by atoms with Crippen LogP contribution in [0.3, 0.4) is 0 Å². The molecule has 0 saturated carbocycles.